The first-order chi connectivity index (χ1) is 6.58. The lowest BCUT2D eigenvalue weighted by Crippen LogP contribution is -2.33. The third-order valence-corrected chi connectivity index (χ3v) is 3.23. The molecule has 0 spiro atoms. The average Bonchev–Trinajstić information content (AvgIpc) is 2.15. The number of nitrogens with two attached hydrogens (primary N) is 1. The van der Waals surface area contributed by atoms with E-state index < -0.39 is 0 Å². The van der Waals surface area contributed by atoms with Crippen LogP contribution in [0.15, 0.2) is 28.7 Å². The van der Waals surface area contributed by atoms with Crippen molar-refractivity contribution in [2.75, 3.05) is 0 Å². The van der Waals surface area contributed by atoms with Gasteiger partial charge in [-0.1, -0.05) is 53.9 Å². The first kappa shape index (κ1) is 11.7. The summed E-state index contributed by atoms with van der Waals surface area (Å²) in [5.41, 5.74) is 7.29. The molecule has 2 heteroatoms. The lowest BCUT2D eigenvalue weighted by atomic mass is 9.88. The second kappa shape index (κ2) is 4.94. The summed E-state index contributed by atoms with van der Waals surface area (Å²) in [5.74, 6) is 0. The Kier molecular flexibility index (Phi) is 4.14. The minimum absolute atomic E-state index is 0.212. The van der Waals surface area contributed by atoms with Gasteiger partial charge in [-0.25, -0.2) is 0 Å². The molecule has 1 nitrogen and oxygen atoms in total. The van der Waals surface area contributed by atoms with Gasteiger partial charge in [0.1, 0.15) is 0 Å². The normalized spacial score (nSPS) is 15.1. The number of hydrogen-bond donors (Lipinski definition) is 1. The predicted octanol–water partition coefficient (Wildman–Crippen LogP) is 3.81. The van der Waals surface area contributed by atoms with Crippen molar-refractivity contribution in [3.8, 4) is 0 Å². The van der Waals surface area contributed by atoms with Crippen LogP contribution in [0.3, 0.4) is 0 Å². The van der Waals surface area contributed by atoms with Crippen molar-refractivity contribution in [1.82, 2.24) is 0 Å². The van der Waals surface area contributed by atoms with E-state index in [-0.39, 0.29) is 5.54 Å². The Labute approximate surface area is 94.8 Å². The minimum atomic E-state index is -0.212. The Morgan fingerprint density at radius 3 is 2.57 bits per heavy atom. The van der Waals surface area contributed by atoms with Crippen molar-refractivity contribution in [1.29, 1.82) is 0 Å². The summed E-state index contributed by atoms with van der Waals surface area (Å²) in [6.45, 7) is 4.29. The van der Waals surface area contributed by atoms with Gasteiger partial charge in [-0.3, -0.25) is 0 Å². The molecule has 1 unspecified atom stereocenters. The topological polar surface area (TPSA) is 26.0 Å². The Morgan fingerprint density at radius 1 is 1.36 bits per heavy atom. The van der Waals surface area contributed by atoms with E-state index in [1.54, 1.807) is 0 Å². The molecule has 0 amide bonds. The fourth-order valence-electron chi connectivity index (χ4n) is 1.60. The highest BCUT2D eigenvalue weighted by molar-refractivity contribution is 9.10. The third-order valence-electron chi connectivity index (χ3n) is 2.54. The van der Waals surface area contributed by atoms with Crippen molar-refractivity contribution in [3.05, 3.63) is 34.3 Å². The molecule has 0 saturated carbocycles. The molecule has 0 saturated heterocycles. The first-order valence-electron chi connectivity index (χ1n) is 5.12. The zero-order valence-corrected chi connectivity index (χ0v) is 10.5. The molecule has 0 aliphatic rings. The summed E-state index contributed by atoms with van der Waals surface area (Å²) in [4.78, 5) is 0. The minimum Gasteiger partial charge on any atom is -0.322 e. The van der Waals surface area contributed by atoms with Gasteiger partial charge in [0.15, 0.2) is 0 Å². The summed E-state index contributed by atoms with van der Waals surface area (Å²) in [7, 11) is 0. The van der Waals surface area contributed by atoms with Crippen LogP contribution in [-0.4, -0.2) is 0 Å². The lowest BCUT2D eigenvalue weighted by molar-refractivity contribution is 0.432. The van der Waals surface area contributed by atoms with Crippen LogP contribution in [0.5, 0.6) is 0 Å². The van der Waals surface area contributed by atoms with Crippen LogP contribution in [-0.2, 0) is 5.54 Å². The predicted molar refractivity (Wildman–Crippen MR) is 65.2 cm³/mol. The van der Waals surface area contributed by atoms with Crippen LogP contribution in [0.4, 0.5) is 0 Å². The fraction of sp³-hybridized carbons (Fsp3) is 0.500. The Morgan fingerprint density at radius 2 is 2.00 bits per heavy atom. The quantitative estimate of drug-likeness (QED) is 0.870. The van der Waals surface area contributed by atoms with Gasteiger partial charge in [0, 0.05) is 10.0 Å². The second-order valence-corrected chi connectivity index (χ2v) is 4.86. The van der Waals surface area contributed by atoms with E-state index in [1.165, 1.54) is 18.4 Å². The number of hydrogen-bond acceptors (Lipinski definition) is 1. The molecule has 0 aromatic heterocycles. The summed E-state index contributed by atoms with van der Waals surface area (Å²) < 4.78 is 1.11. The van der Waals surface area contributed by atoms with Crippen LogP contribution in [0.2, 0.25) is 0 Å². The summed E-state index contributed by atoms with van der Waals surface area (Å²) in [6.07, 6.45) is 3.40. The average molecular weight is 256 g/mol. The van der Waals surface area contributed by atoms with Gasteiger partial charge < -0.3 is 5.73 Å². The zero-order chi connectivity index (χ0) is 10.6. The van der Waals surface area contributed by atoms with Crippen LogP contribution in [0.1, 0.15) is 38.7 Å². The van der Waals surface area contributed by atoms with E-state index in [1.807, 2.05) is 18.2 Å². The molecule has 78 valence electrons. The van der Waals surface area contributed by atoms with Gasteiger partial charge in [-0.2, -0.15) is 0 Å². The molecule has 1 rings (SSSR count). The SMILES string of the molecule is CCCCC(C)(N)c1ccccc1Br. The standard InChI is InChI=1S/C12H18BrN/c1-3-4-9-12(2,14)10-7-5-6-8-11(10)13/h5-8H,3-4,9,14H2,1-2H3. The van der Waals surface area contributed by atoms with Crippen LogP contribution >= 0.6 is 15.9 Å². The highest BCUT2D eigenvalue weighted by Crippen LogP contribution is 2.29. The second-order valence-electron chi connectivity index (χ2n) is 4.00. The summed E-state index contributed by atoms with van der Waals surface area (Å²) in [6, 6.07) is 8.20. The highest BCUT2D eigenvalue weighted by atomic mass is 79.9. The molecule has 14 heavy (non-hydrogen) atoms. The van der Waals surface area contributed by atoms with E-state index in [9.17, 15) is 0 Å². The first-order valence-corrected chi connectivity index (χ1v) is 5.91. The fourth-order valence-corrected chi connectivity index (χ4v) is 2.34. The number of unbranched alkanes of at least 4 members (excludes halogenated alkanes) is 1. The molecule has 1 aromatic rings. The van der Waals surface area contributed by atoms with E-state index in [0.717, 1.165) is 10.9 Å². The monoisotopic (exact) mass is 255 g/mol. The van der Waals surface area contributed by atoms with Crippen molar-refractivity contribution in [2.45, 2.75) is 38.6 Å². The lowest BCUT2D eigenvalue weighted by Gasteiger charge is -2.26. The molecule has 2 N–H and O–H groups in total. The molecule has 0 heterocycles. The van der Waals surface area contributed by atoms with E-state index in [0.29, 0.717) is 0 Å². The van der Waals surface area contributed by atoms with Crippen LogP contribution in [0.25, 0.3) is 0 Å². The highest BCUT2D eigenvalue weighted by Gasteiger charge is 2.22. The Bertz CT molecular complexity index is 294. The molecule has 0 aliphatic heterocycles. The van der Waals surface area contributed by atoms with E-state index in [2.05, 4.69) is 35.8 Å². The van der Waals surface area contributed by atoms with Gasteiger partial charge in [0.25, 0.3) is 0 Å². The molecular weight excluding hydrogens is 238 g/mol. The van der Waals surface area contributed by atoms with Gasteiger partial charge >= 0.3 is 0 Å². The van der Waals surface area contributed by atoms with Crippen molar-refractivity contribution < 1.29 is 0 Å². The van der Waals surface area contributed by atoms with Crippen molar-refractivity contribution in [3.63, 3.8) is 0 Å². The Balaban J connectivity index is 2.86. The zero-order valence-electron chi connectivity index (χ0n) is 8.89. The summed E-state index contributed by atoms with van der Waals surface area (Å²) >= 11 is 3.54. The van der Waals surface area contributed by atoms with Gasteiger partial charge in [-0.15, -0.1) is 0 Å². The largest absolute Gasteiger partial charge is 0.322 e. The maximum Gasteiger partial charge on any atom is 0.0392 e. The number of halogens is 1. The number of benzene rings is 1. The van der Waals surface area contributed by atoms with Gasteiger partial charge in [0.2, 0.25) is 0 Å². The molecule has 0 radical (unpaired) electrons. The van der Waals surface area contributed by atoms with E-state index in [4.69, 9.17) is 5.73 Å². The molecule has 0 fully saturated rings. The molecular formula is C12H18BrN. The van der Waals surface area contributed by atoms with Gasteiger partial charge in [0.05, 0.1) is 0 Å². The molecule has 0 aliphatic carbocycles. The number of rotatable bonds is 4. The smallest absolute Gasteiger partial charge is 0.0392 e. The maximum atomic E-state index is 6.29. The van der Waals surface area contributed by atoms with Crippen molar-refractivity contribution in [2.24, 2.45) is 5.73 Å². The van der Waals surface area contributed by atoms with Gasteiger partial charge in [-0.05, 0) is 25.0 Å². The third kappa shape index (κ3) is 2.82. The molecule has 1 aromatic carbocycles. The Hall–Kier alpha value is -0.340. The molecule has 1 atom stereocenters. The van der Waals surface area contributed by atoms with Crippen LogP contribution in [0, 0.1) is 0 Å². The van der Waals surface area contributed by atoms with Crippen molar-refractivity contribution >= 4 is 15.9 Å². The summed E-state index contributed by atoms with van der Waals surface area (Å²) in [5, 5.41) is 0. The van der Waals surface area contributed by atoms with E-state index >= 15 is 0 Å². The molecule has 0 bridgehead atoms. The van der Waals surface area contributed by atoms with Crippen LogP contribution < -0.4 is 5.73 Å². The maximum absolute atomic E-state index is 6.29.